The van der Waals surface area contributed by atoms with Crippen molar-refractivity contribution >= 4 is 6.09 Å². The van der Waals surface area contributed by atoms with Crippen molar-refractivity contribution in [3.63, 3.8) is 0 Å². The molecule has 4 aliphatic carbocycles. The molecule has 0 bridgehead atoms. The van der Waals surface area contributed by atoms with Gasteiger partial charge in [-0.1, -0.05) is 65.5 Å². The van der Waals surface area contributed by atoms with Crippen molar-refractivity contribution in [1.29, 1.82) is 0 Å². The van der Waals surface area contributed by atoms with Gasteiger partial charge < -0.3 is 15.0 Å². The Morgan fingerprint density at radius 3 is 2.59 bits per heavy atom. The van der Waals surface area contributed by atoms with E-state index in [9.17, 15) is 4.79 Å². The summed E-state index contributed by atoms with van der Waals surface area (Å²) in [5.41, 5.74) is 2.49. The van der Waals surface area contributed by atoms with E-state index in [1.807, 2.05) is 0 Å². The summed E-state index contributed by atoms with van der Waals surface area (Å²) in [6.07, 6.45) is 20.4. The molecule has 8 unspecified atom stereocenters. The standard InChI is InChI=1S/C35H62N2O2/c1-8-26(25(2)3)12-11-13-27-15-17-31-30-16-14-28-24-29(39-33(38)36-22-9-10-23-37(6)7)18-20-35(28,5)32(30)19-21-34(27,31)4/h14,25-27,29-32H,8-13,15-24H2,1-7H3,(H,36,38). The van der Waals surface area contributed by atoms with Gasteiger partial charge in [-0.05, 0) is 131 Å². The molecule has 0 heterocycles. The topological polar surface area (TPSA) is 41.6 Å². The first-order chi connectivity index (χ1) is 18.6. The van der Waals surface area contributed by atoms with Crippen LogP contribution in [-0.4, -0.2) is 44.3 Å². The van der Waals surface area contributed by atoms with E-state index in [0.29, 0.717) is 17.4 Å². The molecule has 39 heavy (non-hydrogen) atoms. The average Bonchev–Trinajstić information content (AvgIpc) is 3.22. The lowest BCUT2D eigenvalue weighted by atomic mass is 9.47. The second kappa shape index (κ2) is 13.3. The minimum atomic E-state index is -0.216. The molecular formula is C35H62N2O2. The van der Waals surface area contributed by atoms with Crippen LogP contribution in [-0.2, 0) is 4.74 Å². The van der Waals surface area contributed by atoms with Gasteiger partial charge in [0, 0.05) is 13.0 Å². The second-order valence-corrected chi connectivity index (χ2v) is 15.1. The summed E-state index contributed by atoms with van der Waals surface area (Å²) in [6.45, 7) is 14.2. The number of carbonyl (C=O) groups excluding carboxylic acids is 1. The van der Waals surface area contributed by atoms with E-state index in [-0.39, 0.29) is 12.2 Å². The number of allylic oxidation sites excluding steroid dienone is 1. The monoisotopic (exact) mass is 542 g/mol. The van der Waals surface area contributed by atoms with Crippen LogP contribution in [0.5, 0.6) is 0 Å². The molecule has 1 amide bonds. The molecule has 0 radical (unpaired) electrons. The van der Waals surface area contributed by atoms with Crippen LogP contribution < -0.4 is 5.32 Å². The molecule has 4 heteroatoms. The van der Waals surface area contributed by atoms with Gasteiger partial charge in [0.25, 0.3) is 0 Å². The lowest BCUT2D eigenvalue weighted by Gasteiger charge is -2.58. The number of unbranched alkanes of at least 4 members (excludes halogenated alkanes) is 1. The third kappa shape index (κ3) is 6.90. The highest BCUT2D eigenvalue weighted by molar-refractivity contribution is 5.67. The minimum absolute atomic E-state index is 0.0464. The van der Waals surface area contributed by atoms with Crippen LogP contribution in [0.15, 0.2) is 11.6 Å². The van der Waals surface area contributed by atoms with E-state index in [2.05, 4.69) is 65.0 Å². The van der Waals surface area contributed by atoms with Gasteiger partial charge >= 0.3 is 6.09 Å². The normalized spacial score (nSPS) is 36.6. The fraction of sp³-hybridized carbons (Fsp3) is 0.914. The third-order valence-electron chi connectivity index (χ3n) is 12.4. The predicted octanol–water partition coefficient (Wildman–Crippen LogP) is 8.85. The van der Waals surface area contributed by atoms with Gasteiger partial charge in [-0.15, -0.1) is 0 Å². The molecule has 0 spiro atoms. The van der Waals surface area contributed by atoms with Crippen molar-refractivity contribution in [3.05, 3.63) is 11.6 Å². The van der Waals surface area contributed by atoms with Crippen molar-refractivity contribution in [2.24, 2.45) is 46.3 Å². The first-order valence-electron chi connectivity index (χ1n) is 16.9. The minimum Gasteiger partial charge on any atom is -0.446 e. The Morgan fingerprint density at radius 1 is 1.08 bits per heavy atom. The second-order valence-electron chi connectivity index (χ2n) is 15.1. The SMILES string of the molecule is CCC(CCCC1CCC2C3CC=C4CC(OC(=O)NCCCCN(C)C)CCC4(C)C3CCC12C)C(C)C. The summed E-state index contributed by atoms with van der Waals surface area (Å²) in [4.78, 5) is 14.7. The Bertz CT molecular complexity index is 837. The Kier molecular flexibility index (Phi) is 10.5. The predicted molar refractivity (Wildman–Crippen MR) is 164 cm³/mol. The highest BCUT2D eigenvalue weighted by Crippen LogP contribution is 2.66. The van der Waals surface area contributed by atoms with Crippen molar-refractivity contribution in [2.75, 3.05) is 27.2 Å². The van der Waals surface area contributed by atoms with Crippen LogP contribution in [0.3, 0.4) is 0 Å². The molecule has 224 valence electrons. The quantitative estimate of drug-likeness (QED) is 0.198. The Labute approximate surface area is 241 Å². The molecule has 3 saturated carbocycles. The van der Waals surface area contributed by atoms with Gasteiger partial charge in [0.05, 0.1) is 0 Å². The Balaban J connectivity index is 1.30. The molecule has 1 N–H and O–H groups in total. The molecular weight excluding hydrogens is 480 g/mol. The van der Waals surface area contributed by atoms with Crippen LogP contribution >= 0.6 is 0 Å². The maximum atomic E-state index is 12.5. The fourth-order valence-corrected chi connectivity index (χ4v) is 9.88. The lowest BCUT2D eigenvalue weighted by Crippen LogP contribution is -2.50. The number of nitrogens with one attached hydrogen (secondary N) is 1. The zero-order valence-electron chi connectivity index (χ0n) is 26.7. The molecule has 0 aliphatic heterocycles. The van der Waals surface area contributed by atoms with E-state index in [0.717, 1.165) is 67.7 Å². The van der Waals surface area contributed by atoms with Crippen molar-refractivity contribution in [3.8, 4) is 0 Å². The molecule has 3 fully saturated rings. The molecule has 0 saturated heterocycles. The van der Waals surface area contributed by atoms with Crippen molar-refractivity contribution < 1.29 is 9.53 Å². The van der Waals surface area contributed by atoms with Gasteiger partial charge in [-0.25, -0.2) is 4.79 Å². The lowest BCUT2D eigenvalue weighted by molar-refractivity contribution is -0.0520. The summed E-state index contributed by atoms with van der Waals surface area (Å²) in [5.74, 6) is 5.28. The fourth-order valence-electron chi connectivity index (χ4n) is 9.88. The van der Waals surface area contributed by atoms with Crippen LogP contribution in [0.25, 0.3) is 0 Å². The molecule has 0 aromatic rings. The number of hydrogen-bond acceptors (Lipinski definition) is 3. The largest absolute Gasteiger partial charge is 0.446 e. The molecule has 0 aromatic carbocycles. The van der Waals surface area contributed by atoms with Gasteiger partial charge in [0.1, 0.15) is 6.10 Å². The highest BCUT2D eigenvalue weighted by atomic mass is 16.6. The van der Waals surface area contributed by atoms with Crippen molar-refractivity contribution in [2.45, 2.75) is 131 Å². The summed E-state index contributed by atoms with van der Waals surface area (Å²) in [7, 11) is 4.18. The maximum absolute atomic E-state index is 12.5. The number of fused-ring (bicyclic) bond motifs is 5. The molecule has 4 rings (SSSR count). The van der Waals surface area contributed by atoms with Gasteiger partial charge in [0.2, 0.25) is 0 Å². The van der Waals surface area contributed by atoms with Gasteiger partial charge in [-0.3, -0.25) is 0 Å². The summed E-state index contributed by atoms with van der Waals surface area (Å²) in [6, 6.07) is 0. The number of alkyl carbamates (subject to hydrolysis) is 1. The molecule has 4 nitrogen and oxygen atoms in total. The van der Waals surface area contributed by atoms with Crippen LogP contribution in [0.4, 0.5) is 4.79 Å². The highest BCUT2D eigenvalue weighted by Gasteiger charge is 2.58. The number of hydrogen-bond donors (Lipinski definition) is 1. The third-order valence-corrected chi connectivity index (χ3v) is 12.4. The first-order valence-corrected chi connectivity index (χ1v) is 16.9. The smallest absolute Gasteiger partial charge is 0.407 e. The zero-order chi connectivity index (χ0) is 28.2. The van der Waals surface area contributed by atoms with Gasteiger partial charge in [0.15, 0.2) is 0 Å². The van der Waals surface area contributed by atoms with E-state index in [1.165, 1.54) is 64.2 Å². The Hall–Kier alpha value is -1.03. The van der Waals surface area contributed by atoms with E-state index in [4.69, 9.17) is 4.74 Å². The number of amides is 1. The summed E-state index contributed by atoms with van der Waals surface area (Å²) in [5, 5.41) is 2.99. The first kappa shape index (κ1) is 30.9. The number of ether oxygens (including phenoxy) is 1. The van der Waals surface area contributed by atoms with Crippen LogP contribution in [0.1, 0.15) is 125 Å². The van der Waals surface area contributed by atoms with Crippen molar-refractivity contribution in [1.82, 2.24) is 10.2 Å². The van der Waals surface area contributed by atoms with E-state index >= 15 is 0 Å². The molecule has 8 atom stereocenters. The average molecular weight is 543 g/mol. The zero-order valence-corrected chi connectivity index (χ0v) is 26.7. The van der Waals surface area contributed by atoms with E-state index < -0.39 is 0 Å². The molecule has 0 aromatic heterocycles. The van der Waals surface area contributed by atoms with Crippen LogP contribution in [0, 0.1) is 46.3 Å². The van der Waals surface area contributed by atoms with Crippen LogP contribution in [0.2, 0.25) is 0 Å². The summed E-state index contributed by atoms with van der Waals surface area (Å²) < 4.78 is 5.92. The molecule has 4 aliphatic rings. The number of carbonyl (C=O) groups is 1. The maximum Gasteiger partial charge on any atom is 0.407 e. The summed E-state index contributed by atoms with van der Waals surface area (Å²) >= 11 is 0. The number of rotatable bonds is 12. The van der Waals surface area contributed by atoms with E-state index in [1.54, 1.807) is 5.57 Å². The Morgan fingerprint density at radius 2 is 1.87 bits per heavy atom. The van der Waals surface area contributed by atoms with Gasteiger partial charge in [-0.2, -0.15) is 0 Å². The number of nitrogens with zero attached hydrogens (tertiary/aromatic N) is 1.